The second kappa shape index (κ2) is 43.5. The molecule has 149 heavy (non-hydrogen) atoms. The first-order valence-electron chi connectivity index (χ1n) is 44.9. The monoisotopic (exact) mass is 2440 g/mol. The molecular formula is C93H85Br5F20N18O13. The van der Waals surface area contributed by atoms with Gasteiger partial charge in [0, 0.05) is 139 Å². The Bertz CT molecular complexity index is 6560. The van der Waals surface area contributed by atoms with Gasteiger partial charge in [-0.05, 0) is 227 Å². The van der Waals surface area contributed by atoms with Crippen molar-refractivity contribution in [2.24, 2.45) is 78.0 Å². The van der Waals surface area contributed by atoms with Crippen LogP contribution in [0.1, 0.15) is 141 Å². The Morgan fingerprint density at radius 1 is 0.463 bits per heavy atom. The summed E-state index contributed by atoms with van der Waals surface area (Å²) in [5, 5.41) is 17.1. The Morgan fingerprint density at radius 2 is 0.859 bits per heavy atom. The molecule has 31 nitrogen and oxygen atoms in total. The number of imide groups is 1. The number of amidine groups is 4. The summed E-state index contributed by atoms with van der Waals surface area (Å²) in [7, 11) is 0. The van der Waals surface area contributed by atoms with Crippen LogP contribution in [-0.4, -0.2) is 193 Å². The van der Waals surface area contributed by atoms with Crippen LogP contribution in [0.5, 0.6) is 0 Å². The summed E-state index contributed by atoms with van der Waals surface area (Å²) in [6.45, 7) is 9.71. The van der Waals surface area contributed by atoms with Gasteiger partial charge in [0.1, 0.15) is 58.5 Å². The second-order valence-electron chi connectivity index (χ2n) is 37.9. The predicted octanol–water partition coefficient (Wildman–Crippen LogP) is 18.9. The Labute approximate surface area is 874 Å². The van der Waals surface area contributed by atoms with Gasteiger partial charge >= 0.3 is 18.2 Å². The van der Waals surface area contributed by atoms with Crippen LogP contribution in [0.4, 0.5) is 103 Å². The number of ether oxygens (including phenoxy) is 6. The topological polar surface area (TPSA) is 419 Å². The van der Waals surface area contributed by atoms with Crippen molar-refractivity contribution in [1.82, 2.24) is 50.9 Å². The molecule has 21 rings (SSSR count). The van der Waals surface area contributed by atoms with E-state index < -0.39 is 233 Å². The smallest absolute Gasteiger partial charge is 0.425 e. The van der Waals surface area contributed by atoms with E-state index in [0.29, 0.717) is 41.2 Å². The SMILES string of the molecule is CC(C)(C)OC(=O)N(C(=O)c1ccccc1)C1=N[C@@](c2cc(Br)cnc2F)(C(F)F)[C@H]2CC2O1.CC(C)(C)OC(=O)NC1=NC(c2cc(Br)cnc2F)(C(F)F)[C@H]2CC2O1.FC(F)C1=NOC2CC12.Fc1ncc(Br)cc1[C@@]1(C(F)F)NO[C@@H]2C[C@@H]21.NC1=N[C@@](c2cc(N)cnc2F)(C(F)F)[C@H]2CC2O1.N[C@@](c1cc(Br)cnc1F)(C(F)F)[C@H]1CC1O.O=C(NC1=N[C@@](c2cc(Br)cnc2F)(C(F)F)[C@H]2CC2O1)c1ccccc1. The van der Waals surface area contributed by atoms with Gasteiger partial charge in [-0.2, -0.15) is 36.7 Å². The maximum atomic E-state index is 14.7. The van der Waals surface area contributed by atoms with Crippen LogP contribution in [0.2, 0.25) is 0 Å². The standard InChI is InChI=1S/C23H21BrF3N3O4.C18H13BrF3N3O2.C16H17BrF3N3O3.C11H11F3N4O.C10H8BrF3N2O.C10H10BrF3N2O.C5H5F2NO/c1-22(2,3)34-21(32)30(18(31)12-7-5-4-6-8-12)20-29-23(19(26)27,14-10-16(14)33-20)15-9-13(24)11-28-17(15)25;19-10-6-12(14(20)23-8-10)18(16(21)22)11-7-13(11)27-17(25-18)24-15(26)9-4-2-1-3-5-9;1-15(2,3)26-14(24)22-13-23-16(12(19)20,8-5-10(8)25-13)9-4-7(17)6-21-11(9)18;12-8-6(1-4(15)3-17-8)11(9(13)14)5-2-7(5)19-10(16)18-11;11-4-1-6(8(12)15-3-4)10(9(13)14)5-2-7(5)17-16-10;11-4-1-6(8(12)16-3-4)10(15,9(13)14)5-2-7(5)17;6-5(7)4-2-1-3(2)9-8-4/h4-9,11,14,16,19H,10H2,1-3H3;1-6,8,11,13,16H,7H2,(H,24,25,26);4,6,8,10,12H,5H2,1-3H3,(H,22,23,24);1,3,5,7,9H,2,15H2,(H2,16,18);1,3,5,7,9,16H,2H2;1,3,5,7,9,17H,2,15H2;2-3,5H,1H2/t14-,16?,23-;11-,13?,18-;8-,10?,16?;5-,7?,11-;5-,7+,10-;5-,7?,10-;/m000000./s1. The second-order valence-corrected chi connectivity index (χ2v) is 42.5. The number of pyridine rings is 6. The number of aliphatic hydroxyl groups excluding tert-OH is 1. The quantitative estimate of drug-likeness (QED) is 0.0349. The first-order valence-corrected chi connectivity index (χ1v) is 48.9. The van der Waals surface area contributed by atoms with Gasteiger partial charge in [0.15, 0.2) is 22.2 Å². The number of carbonyl (C=O) groups excluding carboxylic acids is 4. The molecule has 56 heteroatoms. The summed E-state index contributed by atoms with van der Waals surface area (Å²) in [6, 6.07) is 21.4. The van der Waals surface area contributed by atoms with Crippen molar-refractivity contribution < 1.29 is 150 Å². The number of oxime groups is 1. The molecule has 8 unspecified atom stereocenters. The molecule has 8 aromatic rings. The summed E-state index contributed by atoms with van der Waals surface area (Å²) < 4.78 is 308. The first kappa shape index (κ1) is 112. The van der Waals surface area contributed by atoms with E-state index >= 15 is 0 Å². The van der Waals surface area contributed by atoms with Gasteiger partial charge in [0.05, 0.1) is 24.1 Å². The van der Waals surface area contributed by atoms with Crippen LogP contribution < -0.4 is 33.3 Å². The summed E-state index contributed by atoms with van der Waals surface area (Å²) in [4.78, 5) is 97.1. The third-order valence-electron chi connectivity index (χ3n) is 25.5. The van der Waals surface area contributed by atoms with E-state index in [4.69, 9.17) is 50.5 Å². The average Bonchev–Trinajstić information content (AvgIpc) is 1.56. The highest BCUT2D eigenvalue weighted by molar-refractivity contribution is 9.11. The van der Waals surface area contributed by atoms with Gasteiger partial charge in [0.2, 0.25) is 35.7 Å². The number of fused-ring (bicyclic) bond motifs is 6. The molecule has 13 aliphatic rings. The van der Waals surface area contributed by atoms with Crippen LogP contribution >= 0.6 is 79.6 Å². The van der Waals surface area contributed by atoms with Gasteiger partial charge < -0.3 is 55.6 Å². The molecule has 8 fully saturated rings. The van der Waals surface area contributed by atoms with Crippen molar-refractivity contribution >= 4 is 139 Å². The molecule has 12 heterocycles. The summed E-state index contributed by atoms with van der Waals surface area (Å²) in [6.07, 6.45) is -16.5. The molecule has 7 aliphatic carbocycles. The lowest BCUT2D eigenvalue weighted by molar-refractivity contribution is -0.0570. The molecule has 0 bridgehead atoms. The molecule has 7 saturated carbocycles. The van der Waals surface area contributed by atoms with E-state index in [1.807, 2.05) is 0 Å². The lowest BCUT2D eigenvalue weighted by Gasteiger charge is -2.35. The number of nitrogens with one attached hydrogen (secondary N) is 3. The van der Waals surface area contributed by atoms with Crippen molar-refractivity contribution in [2.45, 2.75) is 219 Å². The number of aromatic nitrogens is 6. The predicted molar refractivity (Wildman–Crippen MR) is 503 cm³/mol. The Hall–Kier alpha value is -11.2. The van der Waals surface area contributed by atoms with Gasteiger partial charge in [-0.15, -0.1) is 0 Å². The number of alkyl carbamates (subject to hydrolysis) is 1. The van der Waals surface area contributed by atoms with E-state index in [-0.39, 0.29) is 105 Å². The lowest BCUT2D eigenvalue weighted by Crippen LogP contribution is -2.51. The molecule has 0 spiro atoms. The number of nitrogens with zero attached hydrogens (tertiary/aromatic N) is 12. The molecule has 6 aliphatic heterocycles. The number of amides is 4. The largest absolute Gasteiger partial charge is 0.462 e. The number of benzene rings is 2. The van der Waals surface area contributed by atoms with Gasteiger partial charge in [0.25, 0.3) is 74.9 Å². The normalized spacial score (nSPS) is 28.4. The van der Waals surface area contributed by atoms with Crippen LogP contribution in [0, 0.1) is 77.1 Å². The number of hydroxylamine groups is 1. The van der Waals surface area contributed by atoms with Gasteiger partial charge in [-0.25, -0.2) is 126 Å². The fourth-order valence-electron chi connectivity index (χ4n) is 17.8. The minimum Gasteiger partial charge on any atom is -0.462 e. The minimum absolute atomic E-state index is 0.00556. The average molecular weight is 2440 g/mol. The highest BCUT2D eigenvalue weighted by Gasteiger charge is 2.71. The van der Waals surface area contributed by atoms with E-state index in [1.165, 1.54) is 61.1 Å². The number of carbonyl (C=O) groups is 4. The lowest BCUT2D eigenvalue weighted by atomic mass is 9.85. The molecule has 6 aromatic heterocycles. The number of aliphatic imine (C=N–C) groups is 4. The Kier molecular flexibility index (Phi) is 32.7. The van der Waals surface area contributed by atoms with E-state index in [1.54, 1.807) is 90.1 Å². The van der Waals surface area contributed by atoms with Crippen molar-refractivity contribution in [3.8, 4) is 0 Å². The number of nitrogens with two attached hydrogens (primary N) is 3. The fourth-order valence-corrected chi connectivity index (χ4v) is 19.5. The van der Waals surface area contributed by atoms with Crippen LogP contribution in [0.15, 0.2) is 182 Å². The summed E-state index contributed by atoms with van der Waals surface area (Å²) in [5.41, 5.74) is 2.71. The highest BCUT2D eigenvalue weighted by atomic mass is 79.9. The first-order chi connectivity index (χ1) is 70.0. The molecule has 20 atom stereocenters. The van der Waals surface area contributed by atoms with Crippen LogP contribution in [-0.2, 0) is 71.3 Å². The number of anilines is 1. The molecule has 0 radical (unpaired) electrons. The van der Waals surface area contributed by atoms with Crippen molar-refractivity contribution in [2.75, 3.05) is 5.73 Å². The zero-order valence-electron chi connectivity index (χ0n) is 77.7. The van der Waals surface area contributed by atoms with E-state index in [0.717, 1.165) is 31.1 Å². The number of hydrogen-bond acceptors (Lipinski definition) is 28. The number of halogens is 25. The van der Waals surface area contributed by atoms with Gasteiger partial charge in [-0.1, -0.05) is 41.6 Å². The number of hydrogen-bond donors (Lipinski definition) is 7. The molecule has 2 aromatic carbocycles. The molecular weight excluding hydrogens is 2360 g/mol. The summed E-state index contributed by atoms with van der Waals surface area (Å²) in [5.74, 6) is -11.7. The number of nitrogen functional groups attached to an aromatic ring is 1. The third kappa shape index (κ3) is 23.4. The molecule has 4 amide bonds. The highest BCUT2D eigenvalue weighted by Crippen LogP contribution is 2.62. The fraction of sp³-hybridized carbons (Fsp3) is 0.452. The Balaban J connectivity index is 0.000000133. The number of aliphatic hydroxyl groups is 1. The Morgan fingerprint density at radius 3 is 1.26 bits per heavy atom. The van der Waals surface area contributed by atoms with E-state index in [2.05, 4.69) is 156 Å². The van der Waals surface area contributed by atoms with Gasteiger partial charge in [-0.3, -0.25) is 19.7 Å². The van der Waals surface area contributed by atoms with Crippen LogP contribution in [0.25, 0.3) is 0 Å². The molecule has 10 N–H and O–H groups in total. The molecule has 1 saturated heterocycles. The zero-order valence-corrected chi connectivity index (χ0v) is 85.6. The maximum absolute atomic E-state index is 14.7. The van der Waals surface area contributed by atoms with E-state index in [9.17, 15) is 112 Å². The minimum atomic E-state index is -3.18. The maximum Gasteiger partial charge on any atom is 0.425 e. The molecule has 800 valence electrons. The summed E-state index contributed by atoms with van der Waals surface area (Å²) >= 11 is 15.5. The van der Waals surface area contributed by atoms with Crippen molar-refractivity contribution in [3.05, 3.63) is 237 Å². The number of alkyl halides is 14. The van der Waals surface area contributed by atoms with Crippen molar-refractivity contribution in [1.29, 1.82) is 0 Å². The number of rotatable bonds is 16. The van der Waals surface area contributed by atoms with Crippen molar-refractivity contribution in [3.63, 3.8) is 0 Å². The third-order valence-corrected chi connectivity index (χ3v) is 27.7. The van der Waals surface area contributed by atoms with Crippen LogP contribution in [0.3, 0.4) is 0 Å². The zero-order chi connectivity index (χ0) is 109.